The second-order valence-electron chi connectivity index (χ2n) is 7.26. The summed E-state index contributed by atoms with van der Waals surface area (Å²) < 4.78 is 13.8. The predicted octanol–water partition coefficient (Wildman–Crippen LogP) is 5.63. The van der Waals surface area contributed by atoms with Gasteiger partial charge in [0.2, 0.25) is 5.89 Å². The Morgan fingerprint density at radius 2 is 2.06 bits per heavy atom. The van der Waals surface area contributed by atoms with Gasteiger partial charge in [0.05, 0.1) is 10.6 Å². The minimum atomic E-state index is 0.326. The maximum Gasteiger partial charge on any atom is 0.257 e. The molecule has 3 heterocycles. The van der Waals surface area contributed by atoms with Crippen LogP contribution in [0.3, 0.4) is 0 Å². The van der Waals surface area contributed by atoms with Crippen LogP contribution in [0.4, 0.5) is 0 Å². The van der Waals surface area contributed by atoms with Crippen molar-refractivity contribution in [3.8, 4) is 16.5 Å². The van der Waals surface area contributed by atoms with E-state index in [2.05, 4.69) is 46.9 Å². The van der Waals surface area contributed by atoms with Crippen molar-refractivity contribution in [3.05, 3.63) is 70.7 Å². The third kappa shape index (κ3) is 5.11. The molecule has 0 aliphatic carbocycles. The Kier molecular flexibility index (Phi) is 7.06. The molecular weight excluding hydrogens is 442 g/mol. The lowest BCUT2D eigenvalue weighted by molar-refractivity contribution is 0.289. The lowest BCUT2D eigenvalue weighted by Gasteiger charge is -2.09. The molecule has 0 unspecified atom stereocenters. The largest absolute Gasteiger partial charge is 0.486 e. The maximum absolute atomic E-state index is 5.90. The average molecular weight is 468 g/mol. The number of allylic oxidation sites excluding steroid dienone is 1. The van der Waals surface area contributed by atoms with Gasteiger partial charge in [0.15, 0.2) is 11.0 Å². The Bertz CT molecular complexity index is 1210. The summed E-state index contributed by atoms with van der Waals surface area (Å²) in [4.78, 5) is 2.35. The number of hydrogen-bond acceptors (Lipinski definition) is 8. The molecule has 9 heteroatoms. The van der Waals surface area contributed by atoms with Crippen molar-refractivity contribution in [3.63, 3.8) is 0 Å². The van der Waals surface area contributed by atoms with E-state index in [-0.39, 0.29) is 0 Å². The first-order valence-corrected chi connectivity index (χ1v) is 12.1. The van der Waals surface area contributed by atoms with Crippen molar-refractivity contribution in [2.45, 2.75) is 51.3 Å². The van der Waals surface area contributed by atoms with Crippen LogP contribution in [0.2, 0.25) is 0 Å². The Morgan fingerprint density at radius 3 is 2.81 bits per heavy atom. The molecule has 0 atom stereocenters. The minimum Gasteiger partial charge on any atom is -0.486 e. The Balaban J connectivity index is 1.43. The van der Waals surface area contributed by atoms with Crippen LogP contribution >= 0.6 is 23.1 Å². The molecule has 0 spiro atoms. The molecule has 0 amide bonds. The molecular formula is C23H25N5O2S2. The highest BCUT2D eigenvalue weighted by Gasteiger charge is 2.16. The minimum absolute atomic E-state index is 0.326. The Labute approximate surface area is 195 Å². The van der Waals surface area contributed by atoms with Crippen LogP contribution in [0.5, 0.6) is 5.75 Å². The average Bonchev–Trinajstić information content (AvgIpc) is 3.50. The third-order valence-electron chi connectivity index (χ3n) is 4.81. The van der Waals surface area contributed by atoms with E-state index >= 15 is 0 Å². The molecule has 0 saturated heterocycles. The van der Waals surface area contributed by atoms with Crippen molar-refractivity contribution < 1.29 is 9.15 Å². The van der Waals surface area contributed by atoms with Gasteiger partial charge in [-0.15, -0.1) is 38.3 Å². The number of aryl methyl sites for hydroxylation is 3. The van der Waals surface area contributed by atoms with Crippen LogP contribution in [0.15, 0.2) is 52.6 Å². The van der Waals surface area contributed by atoms with Gasteiger partial charge in [0.1, 0.15) is 12.4 Å². The fourth-order valence-electron chi connectivity index (χ4n) is 3.21. The number of benzene rings is 1. The van der Waals surface area contributed by atoms with Crippen LogP contribution in [-0.4, -0.2) is 25.0 Å². The molecule has 7 nitrogen and oxygen atoms in total. The number of nitrogens with zero attached hydrogens (tertiary/aromatic N) is 5. The van der Waals surface area contributed by atoms with Gasteiger partial charge in [0, 0.05) is 11.4 Å². The highest BCUT2D eigenvalue weighted by molar-refractivity contribution is 7.98. The number of thioether (sulfide) groups is 1. The van der Waals surface area contributed by atoms with E-state index in [0.717, 1.165) is 33.6 Å². The second-order valence-corrected chi connectivity index (χ2v) is 9.34. The summed E-state index contributed by atoms with van der Waals surface area (Å²) in [5.41, 5.74) is 2.41. The van der Waals surface area contributed by atoms with Gasteiger partial charge in [-0.25, -0.2) is 0 Å². The number of hydrogen-bond donors (Lipinski definition) is 0. The van der Waals surface area contributed by atoms with E-state index in [0.29, 0.717) is 30.7 Å². The van der Waals surface area contributed by atoms with Crippen molar-refractivity contribution in [2.75, 3.05) is 0 Å². The molecule has 0 bridgehead atoms. The molecule has 32 heavy (non-hydrogen) atoms. The number of aromatic nitrogens is 5. The summed E-state index contributed by atoms with van der Waals surface area (Å²) in [7, 11) is 0. The monoisotopic (exact) mass is 467 g/mol. The van der Waals surface area contributed by atoms with Crippen molar-refractivity contribution in [1.82, 2.24) is 25.0 Å². The zero-order valence-electron chi connectivity index (χ0n) is 18.4. The lowest BCUT2D eigenvalue weighted by Crippen LogP contribution is -2.07. The van der Waals surface area contributed by atoms with Gasteiger partial charge in [-0.05, 0) is 49.6 Å². The summed E-state index contributed by atoms with van der Waals surface area (Å²) in [6.45, 7) is 11.1. The highest BCUT2D eigenvalue weighted by atomic mass is 32.2. The topological polar surface area (TPSA) is 78.9 Å². The van der Waals surface area contributed by atoms with E-state index < -0.39 is 0 Å². The normalized spacial score (nSPS) is 11.1. The van der Waals surface area contributed by atoms with Gasteiger partial charge < -0.3 is 9.15 Å². The first kappa shape index (κ1) is 22.3. The van der Waals surface area contributed by atoms with Crippen LogP contribution in [0.1, 0.15) is 34.6 Å². The third-order valence-corrected chi connectivity index (χ3v) is 7.13. The molecule has 0 aliphatic rings. The zero-order chi connectivity index (χ0) is 22.5. The number of rotatable bonds is 10. The molecule has 1 aromatic carbocycles. The van der Waals surface area contributed by atoms with E-state index in [9.17, 15) is 0 Å². The molecule has 0 N–H and O–H groups in total. The summed E-state index contributed by atoms with van der Waals surface area (Å²) >= 11 is 3.20. The number of thiophene rings is 1. The van der Waals surface area contributed by atoms with Crippen LogP contribution in [-0.2, 0) is 25.3 Å². The highest BCUT2D eigenvalue weighted by Crippen LogP contribution is 2.31. The van der Waals surface area contributed by atoms with Crippen molar-refractivity contribution in [1.29, 1.82) is 0 Å². The van der Waals surface area contributed by atoms with E-state index in [1.54, 1.807) is 11.3 Å². The Morgan fingerprint density at radius 1 is 1.19 bits per heavy atom. The van der Waals surface area contributed by atoms with E-state index in [4.69, 9.17) is 9.15 Å². The van der Waals surface area contributed by atoms with Crippen LogP contribution in [0.25, 0.3) is 10.8 Å². The molecule has 4 rings (SSSR count). The summed E-state index contributed by atoms with van der Waals surface area (Å²) in [6, 6.07) is 10.0. The first-order chi connectivity index (χ1) is 15.6. The first-order valence-electron chi connectivity index (χ1n) is 10.3. The van der Waals surface area contributed by atoms with Crippen molar-refractivity contribution in [2.24, 2.45) is 0 Å². The molecule has 4 aromatic rings. The predicted molar refractivity (Wildman–Crippen MR) is 127 cm³/mol. The zero-order valence-corrected chi connectivity index (χ0v) is 20.0. The Hall–Kier alpha value is -2.91. The molecule has 0 radical (unpaired) electrons. The maximum atomic E-state index is 5.90. The second kappa shape index (κ2) is 10.1. The lowest BCUT2D eigenvalue weighted by atomic mass is 10.2. The number of ether oxygens (including phenoxy) is 1. The van der Waals surface area contributed by atoms with Crippen molar-refractivity contribution >= 4 is 23.1 Å². The fourth-order valence-corrected chi connectivity index (χ4v) is 5.05. The molecule has 0 aliphatic heterocycles. The van der Waals surface area contributed by atoms with Gasteiger partial charge in [-0.2, -0.15) is 0 Å². The van der Waals surface area contributed by atoms with Crippen LogP contribution in [0, 0.1) is 13.8 Å². The molecule has 0 saturated carbocycles. The summed E-state index contributed by atoms with van der Waals surface area (Å²) in [5.74, 6) is 3.17. The van der Waals surface area contributed by atoms with Crippen LogP contribution < -0.4 is 4.74 Å². The summed E-state index contributed by atoms with van der Waals surface area (Å²) in [6.07, 6.45) is 2.82. The standard InChI is InChI=1S/C23H25N5O2S2/c1-5-10-28-20(13-29-17-9-7-8-15(3)11-17)24-27-23(28)31-14-21-25-26-22(30-21)19-12-16(4)18(6-2)32-19/h5,7-9,11-12H,1,6,10,13-14H2,2-4H3. The smallest absolute Gasteiger partial charge is 0.257 e. The quantitative estimate of drug-likeness (QED) is 0.221. The SMILES string of the molecule is C=CCn1c(COc2cccc(C)c2)nnc1SCc1nnc(-c2cc(C)c(CC)s2)o1. The van der Waals surface area contributed by atoms with Gasteiger partial charge in [0.25, 0.3) is 5.89 Å². The summed E-state index contributed by atoms with van der Waals surface area (Å²) in [5, 5.41) is 17.8. The molecule has 0 fully saturated rings. The molecule has 166 valence electrons. The molecule has 3 aromatic heterocycles. The van der Waals surface area contributed by atoms with Gasteiger partial charge in [-0.1, -0.05) is 36.9 Å². The van der Waals surface area contributed by atoms with Gasteiger partial charge in [-0.3, -0.25) is 4.57 Å². The fraction of sp³-hybridized carbons (Fsp3) is 0.304. The van der Waals surface area contributed by atoms with Gasteiger partial charge >= 0.3 is 0 Å². The van der Waals surface area contributed by atoms with E-state index in [1.807, 2.05) is 41.8 Å². The van der Waals surface area contributed by atoms with E-state index in [1.165, 1.54) is 22.2 Å².